The Morgan fingerprint density at radius 2 is 1.97 bits per heavy atom. The number of benzene rings is 1. The molecular weight excluding hydrogens is 487 g/mol. The van der Waals surface area contributed by atoms with Gasteiger partial charge in [0.2, 0.25) is 5.91 Å². The van der Waals surface area contributed by atoms with Gasteiger partial charge in [-0.05, 0) is 67.6 Å². The van der Waals surface area contributed by atoms with Crippen LogP contribution in [-0.2, 0) is 31.4 Å². The number of nitrogens with one attached hydrogen (secondary N) is 2. The summed E-state index contributed by atoms with van der Waals surface area (Å²) in [5, 5.41) is 10.3. The molecule has 1 atom stereocenters. The van der Waals surface area contributed by atoms with Crippen LogP contribution in [0.1, 0.15) is 40.5 Å². The molecule has 0 bridgehead atoms. The molecule has 0 unspecified atom stereocenters. The number of halogens is 1. The molecule has 3 aromatic heterocycles. The normalized spacial score (nSPS) is 14.4. The van der Waals surface area contributed by atoms with Crippen molar-refractivity contribution in [3.63, 3.8) is 0 Å². The molecule has 4 N–H and O–H groups in total. The summed E-state index contributed by atoms with van der Waals surface area (Å²) >= 11 is 0. The van der Waals surface area contributed by atoms with Crippen molar-refractivity contribution in [1.29, 1.82) is 0 Å². The Morgan fingerprint density at radius 3 is 2.68 bits per heavy atom. The molecule has 0 aliphatic carbocycles. The van der Waals surface area contributed by atoms with E-state index in [9.17, 15) is 14.0 Å². The topological polar surface area (TPSA) is 133 Å². The van der Waals surface area contributed by atoms with E-state index < -0.39 is 11.6 Å². The first-order valence-electron chi connectivity index (χ1n) is 12.3. The lowest BCUT2D eigenvalue weighted by Crippen LogP contribution is -2.37. The maximum atomic E-state index is 13.9. The van der Waals surface area contributed by atoms with Crippen molar-refractivity contribution < 1.29 is 9.18 Å². The SMILES string of the molecule is Cc1cc(F)cc(CNc2nc(-c3ccnn3C)c3n(c2=O)[C@H](C(=O)NCc2ccc(N)nc2C)CC3)c1. The number of nitrogens with two attached hydrogens (primary N) is 1. The van der Waals surface area contributed by atoms with Crippen molar-refractivity contribution in [1.82, 2.24) is 29.6 Å². The van der Waals surface area contributed by atoms with Gasteiger partial charge in [0.05, 0.1) is 11.4 Å². The van der Waals surface area contributed by atoms with Crippen molar-refractivity contribution in [2.45, 2.75) is 45.8 Å². The van der Waals surface area contributed by atoms with Crippen LogP contribution >= 0.6 is 0 Å². The highest BCUT2D eigenvalue weighted by Gasteiger charge is 2.34. The highest BCUT2D eigenvalue weighted by Crippen LogP contribution is 2.32. The average molecular weight is 517 g/mol. The fraction of sp³-hybridized carbons (Fsp3) is 0.296. The molecule has 1 aliphatic rings. The summed E-state index contributed by atoms with van der Waals surface area (Å²) in [6.45, 7) is 4.10. The Balaban J connectivity index is 1.48. The number of carbonyl (C=O) groups is 1. The van der Waals surface area contributed by atoms with E-state index in [-0.39, 0.29) is 30.6 Å². The molecule has 0 saturated heterocycles. The van der Waals surface area contributed by atoms with Gasteiger partial charge in [0, 0.05) is 32.0 Å². The first-order chi connectivity index (χ1) is 18.2. The molecule has 11 heteroatoms. The Hall–Kier alpha value is -4.54. The van der Waals surface area contributed by atoms with Gasteiger partial charge >= 0.3 is 0 Å². The zero-order valence-corrected chi connectivity index (χ0v) is 21.5. The minimum atomic E-state index is -0.702. The highest BCUT2D eigenvalue weighted by atomic mass is 19.1. The number of carbonyl (C=O) groups excluding carboxylic acids is 1. The molecule has 1 amide bonds. The standard InChI is InChI=1S/C27H29FN8O2/c1-15-10-17(12-19(28)11-15)13-30-25-27(38)36-21(24(34-25)20-8-9-32-35(20)3)5-6-22(36)26(37)31-14-18-4-7-23(29)33-16(18)2/h4,7-12,22H,5-6,13-14H2,1-3H3,(H2,29,33)(H,30,34)(H,31,37)/t22-/m0/s1. The largest absolute Gasteiger partial charge is 0.384 e. The number of hydrogen-bond donors (Lipinski definition) is 3. The van der Waals surface area contributed by atoms with Gasteiger partial charge in [-0.3, -0.25) is 18.8 Å². The third kappa shape index (κ3) is 4.86. The molecule has 1 aromatic carbocycles. The summed E-state index contributed by atoms with van der Waals surface area (Å²) in [5.74, 6) is -0.113. The quantitative estimate of drug-likeness (QED) is 0.344. The van der Waals surface area contributed by atoms with Gasteiger partial charge in [-0.25, -0.2) is 14.4 Å². The summed E-state index contributed by atoms with van der Waals surface area (Å²) in [7, 11) is 1.80. The number of pyridine rings is 1. The van der Waals surface area contributed by atoms with Crippen LogP contribution in [0.25, 0.3) is 11.4 Å². The van der Waals surface area contributed by atoms with E-state index in [0.717, 1.165) is 22.5 Å². The minimum absolute atomic E-state index is 0.0881. The second-order valence-corrected chi connectivity index (χ2v) is 9.51. The highest BCUT2D eigenvalue weighted by molar-refractivity contribution is 5.81. The molecular formula is C27H29FN8O2. The second-order valence-electron chi connectivity index (χ2n) is 9.51. The summed E-state index contributed by atoms with van der Waals surface area (Å²) in [4.78, 5) is 35.9. The molecule has 4 heterocycles. The summed E-state index contributed by atoms with van der Waals surface area (Å²) in [5.41, 5.74) is 10.3. The number of fused-ring (bicyclic) bond motifs is 1. The number of nitrogen functional groups attached to an aromatic ring is 1. The third-order valence-corrected chi connectivity index (χ3v) is 6.77. The first kappa shape index (κ1) is 25.1. The molecule has 196 valence electrons. The first-order valence-corrected chi connectivity index (χ1v) is 12.3. The van der Waals surface area contributed by atoms with Crippen molar-refractivity contribution in [3.05, 3.63) is 86.8 Å². The Labute approximate surface area is 218 Å². The Bertz CT molecular complexity index is 1570. The predicted octanol–water partition coefficient (Wildman–Crippen LogP) is 2.79. The molecule has 0 fully saturated rings. The number of rotatable bonds is 7. The van der Waals surface area contributed by atoms with Crippen LogP contribution in [0.5, 0.6) is 0 Å². The van der Waals surface area contributed by atoms with Crippen LogP contribution in [-0.4, -0.2) is 30.2 Å². The number of aryl methyl sites for hydroxylation is 3. The fourth-order valence-corrected chi connectivity index (χ4v) is 4.92. The summed E-state index contributed by atoms with van der Waals surface area (Å²) < 4.78 is 17.1. The van der Waals surface area contributed by atoms with Crippen LogP contribution < -0.4 is 21.9 Å². The van der Waals surface area contributed by atoms with Crippen LogP contribution in [0.2, 0.25) is 0 Å². The zero-order valence-electron chi connectivity index (χ0n) is 21.5. The molecule has 1 aliphatic heterocycles. The summed E-state index contributed by atoms with van der Waals surface area (Å²) in [6.07, 6.45) is 2.62. The summed E-state index contributed by atoms with van der Waals surface area (Å²) in [6, 6.07) is 9.33. The number of anilines is 2. The molecule has 4 aromatic rings. The van der Waals surface area contributed by atoms with Gasteiger partial charge in [-0.1, -0.05) is 12.1 Å². The van der Waals surface area contributed by atoms with Gasteiger partial charge in [0.25, 0.3) is 5.56 Å². The predicted molar refractivity (Wildman–Crippen MR) is 142 cm³/mol. The Morgan fingerprint density at radius 1 is 1.16 bits per heavy atom. The van der Waals surface area contributed by atoms with Gasteiger partial charge < -0.3 is 16.4 Å². The van der Waals surface area contributed by atoms with Crippen molar-refractivity contribution in [2.75, 3.05) is 11.1 Å². The van der Waals surface area contributed by atoms with Crippen molar-refractivity contribution >= 4 is 17.5 Å². The van der Waals surface area contributed by atoms with E-state index in [1.54, 1.807) is 30.9 Å². The van der Waals surface area contributed by atoms with E-state index in [2.05, 4.69) is 25.7 Å². The molecule has 10 nitrogen and oxygen atoms in total. The number of hydrogen-bond acceptors (Lipinski definition) is 7. The molecule has 0 radical (unpaired) electrons. The van der Waals surface area contributed by atoms with Crippen molar-refractivity contribution in [3.8, 4) is 11.4 Å². The molecule has 38 heavy (non-hydrogen) atoms. The van der Waals surface area contributed by atoms with Gasteiger partial charge in [0.1, 0.15) is 23.4 Å². The Kier molecular flexibility index (Phi) is 6.66. The third-order valence-electron chi connectivity index (χ3n) is 6.77. The number of nitrogens with zero attached hydrogens (tertiary/aromatic N) is 5. The lowest BCUT2D eigenvalue weighted by Gasteiger charge is -2.18. The maximum Gasteiger partial charge on any atom is 0.294 e. The fourth-order valence-electron chi connectivity index (χ4n) is 4.92. The zero-order chi connectivity index (χ0) is 27.0. The second kappa shape index (κ2) is 10.1. The van der Waals surface area contributed by atoms with Crippen LogP contribution in [0.15, 0.2) is 47.4 Å². The molecule has 0 spiro atoms. The van der Waals surface area contributed by atoms with Crippen LogP contribution in [0.4, 0.5) is 16.0 Å². The van der Waals surface area contributed by atoms with Crippen LogP contribution in [0.3, 0.4) is 0 Å². The van der Waals surface area contributed by atoms with Crippen LogP contribution in [0, 0.1) is 19.7 Å². The van der Waals surface area contributed by atoms with E-state index >= 15 is 0 Å². The minimum Gasteiger partial charge on any atom is -0.384 e. The molecule has 5 rings (SSSR count). The molecule has 0 saturated carbocycles. The van der Waals surface area contributed by atoms with E-state index in [0.29, 0.717) is 35.6 Å². The van der Waals surface area contributed by atoms with Crippen molar-refractivity contribution in [2.24, 2.45) is 7.05 Å². The number of amides is 1. The lowest BCUT2D eigenvalue weighted by atomic mass is 10.1. The van der Waals surface area contributed by atoms with E-state index in [1.165, 1.54) is 16.7 Å². The van der Waals surface area contributed by atoms with E-state index in [4.69, 9.17) is 5.73 Å². The average Bonchev–Trinajstić information content (AvgIpc) is 3.49. The van der Waals surface area contributed by atoms with Gasteiger partial charge in [-0.2, -0.15) is 5.10 Å². The van der Waals surface area contributed by atoms with E-state index in [1.807, 2.05) is 25.1 Å². The maximum absolute atomic E-state index is 13.9. The number of aromatic nitrogens is 5. The smallest absolute Gasteiger partial charge is 0.294 e. The van der Waals surface area contributed by atoms with Gasteiger partial charge in [-0.15, -0.1) is 0 Å². The van der Waals surface area contributed by atoms with Gasteiger partial charge in [0.15, 0.2) is 5.82 Å². The lowest BCUT2D eigenvalue weighted by molar-refractivity contribution is -0.124. The monoisotopic (exact) mass is 516 g/mol.